The molecule has 2 fully saturated rings. The highest BCUT2D eigenvalue weighted by atomic mass is 16.6. The third-order valence-corrected chi connectivity index (χ3v) is 2.22. The van der Waals surface area contributed by atoms with Crippen LogP contribution in [0.4, 0.5) is 0 Å². The zero-order valence-electron chi connectivity index (χ0n) is 5.02. The number of rotatable bonds is 0. The van der Waals surface area contributed by atoms with Crippen molar-refractivity contribution in [1.29, 1.82) is 0 Å². The predicted molar refractivity (Wildman–Crippen MR) is 31.4 cm³/mol. The topological polar surface area (TPSA) is 12.5 Å². The van der Waals surface area contributed by atoms with Crippen molar-refractivity contribution in [2.75, 3.05) is 0 Å². The van der Waals surface area contributed by atoms with E-state index in [1.807, 2.05) is 0 Å². The molecule has 0 spiro atoms. The van der Waals surface area contributed by atoms with E-state index in [1.165, 1.54) is 25.7 Å². The van der Waals surface area contributed by atoms with Crippen LogP contribution in [0.3, 0.4) is 0 Å². The number of hydrogen-bond acceptors (Lipinski definition) is 1. The second-order valence-corrected chi connectivity index (χ2v) is 2.92. The minimum absolute atomic E-state index is 0.0955. The summed E-state index contributed by atoms with van der Waals surface area (Å²) in [6.07, 6.45) is 5.65. The van der Waals surface area contributed by atoms with E-state index in [4.69, 9.17) is 4.74 Å². The van der Waals surface area contributed by atoms with Crippen LogP contribution in [0, 0.1) is 6.92 Å². The molecule has 0 bridgehead atoms. The van der Waals surface area contributed by atoms with Crippen molar-refractivity contribution in [3.05, 3.63) is 6.92 Å². The standard InChI is InChI=1S/C7H11O/c1-7-5-3-2-4-6(7)8-7/h6H,1-5H2. The Hall–Kier alpha value is -0.0400. The van der Waals surface area contributed by atoms with Crippen molar-refractivity contribution in [1.82, 2.24) is 0 Å². The van der Waals surface area contributed by atoms with Gasteiger partial charge in [-0.25, -0.2) is 0 Å². The monoisotopic (exact) mass is 111 g/mol. The molecule has 2 rings (SSSR count). The van der Waals surface area contributed by atoms with Crippen LogP contribution in [0.15, 0.2) is 0 Å². The molecule has 1 heteroatoms. The van der Waals surface area contributed by atoms with Gasteiger partial charge in [0.1, 0.15) is 0 Å². The second-order valence-electron chi connectivity index (χ2n) is 2.92. The van der Waals surface area contributed by atoms with Gasteiger partial charge in [-0.1, -0.05) is 12.8 Å². The first-order valence-electron chi connectivity index (χ1n) is 3.34. The van der Waals surface area contributed by atoms with Crippen LogP contribution in [-0.4, -0.2) is 11.7 Å². The van der Waals surface area contributed by atoms with Crippen LogP contribution >= 0.6 is 0 Å². The Kier molecular flexibility index (Phi) is 0.762. The molecule has 2 aliphatic rings. The molecule has 0 aromatic rings. The minimum Gasteiger partial charge on any atom is -0.366 e. The molecule has 0 aromatic heterocycles. The fourth-order valence-electron chi connectivity index (χ4n) is 1.55. The van der Waals surface area contributed by atoms with Crippen LogP contribution in [0.1, 0.15) is 25.7 Å². The Bertz CT molecular complexity index is 109. The molecule has 45 valence electrons. The van der Waals surface area contributed by atoms with E-state index in [1.54, 1.807) is 0 Å². The smallest absolute Gasteiger partial charge is 0.0949 e. The SMILES string of the molecule is [CH2]C12CCCCC1O2. The lowest BCUT2D eigenvalue weighted by Gasteiger charge is -2.09. The summed E-state index contributed by atoms with van der Waals surface area (Å²) in [6.45, 7) is 3.98. The number of ether oxygens (including phenoxy) is 1. The summed E-state index contributed by atoms with van der Waals surface area (Å²) < 4.78 is 5.35. The Morgan fingerprint density at radius 1 is 1.50 bits per heavy atom. The fraction of sp³-hybridized carbons (Fsp3) is 0.857. The minimum atomic E-state index is 0.0955. The van der Waals surface area contributed by atoms with Gasteiger partial charge in [-0.15, -0.1) is 0 Å². The van der Waals surface area contributed by atoms with Crippen LogP contribution in [0.5, 0.6) is 0 Å². The summed E-state index contributed by atoms with van der Waals surface area (Å²) >= 11 is 0. The molecule has 1 heterocycles. The number of epoxide rings is 1. The Balaban J connectivity index is 2.04. The molecule has 1 radical (unpaired) electrons. The van der Waals surface area contributed by atoms with Crippen LogP contribution in [-0.2, 0) is 4.74 Å². The molecular weight excluding hydrogens is 100 g/mol. The average Bonchev–Trinajstić information content (AvgIpc) is 2.39. The lowest BCUT2D eigenvalue weighted by atomic mass is 9.91. The summed E-state index contributed by atoms with van der Waals surface area (Å²) in [5.74, 6) is 0. The molecule has 1 aliphatic carbocycles. The molecule has 2 atom stereocenters. The van der Waals surface area contributed by atoms with E-state index in [9.17, 15) is 0 Å². The lowest BCUT2D eigenvalue weighted by molar-refractivity contribution is 0.327. The Morgan fingerprint density at radius 3 is 2.88 bits per heavy atom. The van der Waals surface area contributed by atoms with Crippen molar-refractivity contribution >= 4 is 0 Å². The molecule has 1 saturated carbocycles. The van der Waals surface area contributed by atoms with Gasteiger partial charge < -0.3 is 4.74 Å². The van der Waals surface area contributed by atoms with Gasteiger partial charge in [-0.05, 0) is 19.8 Å². The highest BCUT2D eigenvalue weighted by molar-refractivity contribution is 5.06. The number of fused-ring (bicyclic) bond motifs is 1. The Labute approximate surface area is 50.0 Å². The first-order valence-corrected chi connectivity index (χ1v) is 3.34. The Morgan fingerprint density at radius 2 is 2.38 bits per heavy atom. The van der Waals surface area contributed by atoms with Crippen molar-refractivity contribution in [2.24, 2.45) is 0 Å². The highest BCUT2D eigenvalue weighted by Crippen LogP contribution is 2.46. The maximum Gasteiger partial charge on any atom is 0.0949 e. The maximum absolute atomic E-state index is 5.35. The zero-order valence-corrected chi connectivity index (χ0v) is 5.02. The molecule has 1 nitrogen and oxygen atoms in total. The fourth-order valence-corrected chi connectivity index (χ4v) is 1.55. The molecular formula is C7H11O. The van der Waals surface area contributed by atoms with Crippen molar-refractivity contribution in [3.63, 3.8) is 0 Å². The molecule has 2 unspecified atom stereocenters. The largest absolute Gasteiger partial charge is 0.366 e. The highest BCUT2D eigenvalue weighted by Gasteiger charge is 2.52. The second kappa shape index (κ2) is 1.27. The summed E-state index contributed by atoms with van der Waals surface area (Å²) in [7, 11) is 0. The van der Waals surface area contributed by atoms with Crippen molar-refractivity contribution < 1.29 is 4.74 Å². The predicted octanol–water partition coefficient (Wildman–Crippen LogP) is 1.53. The zero-order chi connectivity index (χ0) is 5.61. The van der Waals surface area contributed by atoms with Crippen molar-refractivity contribution in [2.45, 2.75) is 37.4 Å². The van der Waals surface area contributed by atoms with E-state index in [-0.39, 0.29) is 5.60 Å². The molecule has 1 saturated heterocycles. The van der Waals surface area contributed by atoms with Gasteiger partial charge >= 0.3 is 0 Å². The van der Waals surface area contributed by atoms with Gasteiger partial charge in [0.15, 0.2) is 0 Å². The summed E-state index contributed by atoms with van der Waals surface area (Å²) in [6, 6.07) is 0. The van der Waals surface area contributed by atoms with E-state index in [2.05, 4.69) is 6.92 Å². The van der Waals surface area contributed by atoms with Crippen molar-refractivity contribution in [3.8, 4) is 0 Å². The average molecular weight is 111 g/mol. The lowest BCUT2D eigenvalue weighted by Crippen LogP contribution is -2.14. The van der Waals surface area contributed by atoms with E-state index in [0.717, 1.165) is 0 Å². The van der Waals surface area contributed by atoms with Crippen LogP contribution in [0.2, 0.25) is 0 Å². The van der Waals surface area contributed by atoms with Gasteiger partial charge in [-0.3, -0.25) is 0 Å². The molecule has 0 N–H and O–H groups in total. The first kappa shape index (κ1) is 4.80. The molecule has 0 amide bonds. The van der Waals surface area contributed by atoms with Gasteiger partial charge in [0.05, 0.1) is 11.7 Å². The van der Waals surface area contributed by atoms with Crippen LogP contribution < -0.4 is 0 Å². The van der Waals surface area contributed by atoms with E-state index >= 15 is 0 Å². The quantitative estimate of drug-likeness (QED) is 0.432. The van der Waals surface area contributed by atoms with Gasteiger partial charge in [-0.2, -0.15) is 0 Å². The van der Waals surface area contributed by atoms with E-state index < -0.39 is 0 Å². The maximum atomic E-state index is 5.35. The molecule has 0 aromatic carbocycles. The summed E-state index contributed by atoms with van der Waals surface area (Å²) in [4.78, 5) is 0. The summed E-state index contributed by atoms with van der Waals surface area (Å²) in [5.41, 5.74) is 0.0955. The van der Waals surface area contributed by atoms with Gasteiger partial charge in [0, 0.05) is 0 Å². The van der Waals surface area contributed by atoms with E-state index in [0.29, 0.717) is 6.10 Å². The van der Waals surface area contributed by atoms with Gasteiger partial charge in [0.2, 0.25) is 0 Å². The molecule has 8 heavy (non-hydrogen) atoms. The van der Waals surface area contributed by atoms with Gasteiger partial charge in [0.25, 0.3) is 0 Å². The normalized spacial score (nSPS) is 52.9. The third-order valence-electron chi connectivity index (χ3n) is 2.22. The third kappa shape index (κ3) is 0.510. The number of hydrogen-bond donors (Lipinski definition) is 0. The van der Waals surface area contributed by atoms with Crippen LogP contribution in [0.25, 0.3) is 0 Å². The molecule has 1 aliphatic heterocycles. The summed E-state index contributed by atoms with van der Waals surface area (Å²) in [5, 5.41) is 0. The first-order chi connectivity index (χ1) is 3.81.